The smallest absolute Gasteiger partial charge is 0.199 e. The van der Waals surface area contributed by atoms with Gasteiger partial charge in [0.2, 0.25) is 0 Å². The molecule has 4 rings (SSSR count). The lowest BCUT2D eigenvalue weighted by Crippen LogP contribution is -2.19. The molecule has 6 nitrogen and oxygen atoms in total. The quantitative estimate of drug-likeness (QED) is 0.135. The van der Waals surface area contributed by atoms with Crippen LogP contribution in [-0.2, 0) is 16.7 Å². The Morgan fingerprint density at radius 1 is 0.851 bits per heavy atom. The molecule has 0 spiro atoms. The topological polar surface area (TPSA) is 89.7 Å². The van der Waals surface area contributed by atoms with Crippen LogP contribution >= 0.6 is 0 Å². The summed E-state index contributed by atoms with van der Waals surface area (Å²) in [6, 6.07) is 23.1. The van der Waals surface area contributed by atoms with Crippen LogP contribution in [0.25, 0.3) is 11.1 Å². The van der Waals surface area contributed by atoms with Gasteiger partial charge in [-0.1, -0.05) is 84.5 Å². The second kappa shape index (κ2) is 19.9. The third-order valence-electron chi connectivity index (χ3n) is 7.18. The molecule has 0 aromatic heterocycles. The number of aliphatic hydroxyl groups is 1. The summed E-state index contributed by atoms with van der Waals surface area (Å²) in [5, 5.41) is 9.50. The average Bonchev–Trinajstić information content (AvgIpc) is 3.11. The normalized spacial score (nSPS) is 12.7. The second-order valence-electron chi connectivity index (χ2n) is 10.2. The van der Waals surface area contributed by atoms with Gasteiger partial charge >= 0.3 is 0 Å². The van der Waals surface area contributed by atoms with Gasteiger partial charge in [-0.25, -0.2) is 17.4 Å². The number of methoxy groups -OCH3 is 1. The highest BCUT2D eigenvalue weighted by molar-refractivity contribution is 7.85. The number of aliphatic hydroxyl groups excluding tert-OH is 1. The van der Waals surface area contributed by atoms with E-state index in [1.807, 2.05) is 24.3 Å². The first kappa shape index (κ1) is 38.7. The minimum Gasteiger partial charge on any atom is -0.746 e. The van der Waals surface area contributed by atoms with E-state index in [4.69, 9.17) is 26.9 Å². The Morgan fingerprint density at radius 3 is 1.79 bits per heavy atom. The van der Waals surface area contributed by atoms with Gasteiger partial charge in [-0.15, -0.1) is 0 Å². The van der Waals surface area contributed by atoms with Crippen molar-refractivity contribution < 1.29 is 40.9 Å². The Bertz CT molecular complexity index is 1700. The zero-order valence-corrected chi connectivity index (χ0v) is 27.7. The van der Waals surface area contributed by atoms with Gasteiger partial charge in [-0.05, 0) is 84.0 Å². The van der Waals surface area contributed by atoms with Crippen molar-refractivity contribution in [3.05, 3.63) is 149 Å². The monoisotopic (exact) mass is 667 g/mol. The number of hydrogen-bond donors (Lipinski definition) is 1. The highest BCUT2D eigenvalue weighted by Crippen LogP contribution is 2.28. The highest BCUT2D eigenvalue weighted by atomic mass is 32.2. The lowest BCUT2D eigenvalue weighted by atomic mass is 9.94. The van der Waals surface area contributed by atoms with E-state index < -0.39 is 16.1 Å². The van der Waals surface area contributed by atoms with Gasteiger partial charge in [0.25, 0.3) is 0 Å². The predicted octanol–water partition coefficient (Wildman–Crippen LogP) is 7.86. The lowest BCUT2D eigenvalue weighted by molar-refractivity contribution is -0.519. The summed E-state index contributed by atoms with van der Waals surface area (Å²) in [5.74, 6) is 0.840. The molecule has 250 valence electrons. The molecule has 0 amide bonds. The number of hydrogen-bond acceptors (Lipinski definition) is 5. The molecule has 10 heteroatoms. The number of benzene rings is 3. The molecule has 0 bridgehead atoms. The maximum absolute atomic E-state index is 10.6. The van der Waals surface area contributed by atoms with Crippen LogP contribution in [0.5, 0.6) is 5.75 Å². The van der Waals surface area contributed by atoms with E-state index in [0.717, 1.165) is 57.8 Å². The fourth-order valence-electron chi connectivity index (χ4n) is 4.69. The molecule has 1 aliphatic carbocycles. The Balaban J connectivity index is 0.000000863. The minimum absolute atomic E-state index is 0.0387. The first-order valence-corrected chi connectivity index (χ1v) is 16.4. The zero-order chi connectivity index (χ0) is 34.8. The predicted molar refractivity (Wildman–Crippen MR) is 182 cm³/mol. The number of rotatable bonds is 10. The molecule has 0 unspecified atom stereocenters. The van der Waals surface area contributed by atoms with Crippen molar-refractivity contribution in [1.29, 1.82) is 0 Å². The van der Waals surface area contributed by atoms with Crippen molar-refractivity contribution in [2.75, 3.05) is 26.2 Å². The molecule has 0 saturated heterocycles. The van der Waals surface area contributed by atoms with Crippen molar-refractivity contribution in [2.45, 2.75) is 27.4 Å². The first-order chi connectivity index (χ1) is 22.6. The summed E-state index contributed by atoms with van der Waals surface area (Å²) < 4.78 is 61.6. The molecule has 0 aliphatic heterocycles. The molecule has 0 atom stereocenters. The van der Waals surface area contributed by atoms with E-state index in [2.05, 4.69) is 116 Å². The molecule has 0 heterocycles. The zero-order valence-electron chi connectivity index (χ0n) is 26.9. The first-order valence-electron chi connectivity index (χ1n) is 14.8. The fourth-order valence-corrected chi connectivity index (χ4v) is 4.69. The molecule has 0 fully saturated rings. The minimum atomic E-state index is -4.58. The van der Waals surface area contributed by atoms with Gasteiger partial charge in [-0.2, -0.15) is 0 Å². The fraction of sp³-hybridized carbons (Fsp3) is 0.216. The highest BCUT2D eigenvalue weighted by Gasteiger charge is 2.12. The maximum Gasteiger partial charge on any atom is 0.199 e. The van der Waals surface area contributed by atoms with E-state index >= 15 is 0 Å². The SMILES string of the molecule is CC[N+](CC)=C1C=CC(=C(C=CC=C(c2ccc(C)cc2)c2ccc(CO)cc2)c2ccc(OC)cc2)C=C1.FF.O=S(=O)([O-])CF. The average molecular weight is 668 g/mol. The van der Waals surface area contributed by atoms with E-state index in [0.29, 0.717) is 0 Å². The number of nitrogens with zero attached hydrogens (tertiary/aromatic N) is 1. The molecule has 47 heavy (non-hydrogen) atoms. The van der Waals surface area contributed by atoms with E-state index in [-0.39, 0.29) is 6.61 Å². The van der Waals surface area contributed by atoms with Crippen molar-refractivity contribution in [3.8, 4) is 5.75 Å². The summed E-state index contributed by atoms with van der Waals surface area (Å²) >= 11 is 0. The van der Waals surface area contributed by atoms with Crippen LogP contribution in [0.1, 0.15) is 41.7 Å². The third kappa shape index (κ3) is 12.3. The van der Waals surface area contributed by atoms with Crippen molar-refractivity contribution in [1.82, 2.24) is 0 Å². The maximum atomic E-state index is 10.6. The van der Waals surface area contributed by atoms with Gasteiger partial charge in [0.15, 0.2) is 11.7 Å². The summed E-state index contributed by atoms with van der Waals surface area (Å²) in [4.78, 5) is 0. The molecule has 1 N–H and O–H groups in total. The molecule has 0 saturated carbocycles. The number of allylic oxidation sites excluding steroid dienone is 9. The van der Waals surface area contributed by atoms with Crippen LogP contribution in [0.3, 0.4) is 0 Å². The van der Waals surface area contributed by atoms with E-state index in [1.54, 1.807) is 7.11 Å². The summed E-state index contributed by atoms with van der Waals surface area (Å²) in [5.41, 5.74) is 10.2. The van der Waals surface area contributed by atoms with Crippen molar-refractivity contribution in [3.63, 3.8) is 0 Å². The molecule has 1 aliphatic rings. The number of aryl methyl sites for hydroxylation is 1. The van der Waals surface area contributed by atoms with Crippen LogP contribution in [-0.4, -0.2) is 54.6 Å². The van der Waals surface area contributed by atoms with Crippen LogP contribution < -0.4 is 4.74 Å². The molecular weight excluding hydrogens is 627 g/mol. The summed E-state index contributed by atoms with van der Waals surface area (Å²) in [6.07, 6.45) is 15.3. The van der Waals surface area contributed by atoms with Crippen molar-refractivity contribution >= 4 is 27.0 Å². The van der Waals surface area contributed by atoms with Crippen LogP contribution in [0.15, 0.2) is 121 Å². The Labute approximate surface area is 275 Å². The van der Waals surface area contributed by atoms with Gasteiger partial charge in [-0.3, -0.25) is 0 Å². The number of ether oxygens (including phenoxy) is 1. The standard InChI is InChI=1S/C36H38NO2.CH3FO3S.F2/c1-5-37(6-2)33-22-18-31(19-23-33)36(32-20-24-34(39-4)25-21-32)9-7-8-35(29-14-10-27(3)11-15-29)30-16-12-28(26-38)13-17-30;2-1-6(3,4)5;1-2/h7-25,38H,5-6,26H2,1-4H3;1H2,(H,3,4,5);/q+1;;/p-1. The van der Waals surface area contributed by atoms with Gasteiger partial charge in [0.05, 0.1) is 13.7 Å². The van der Waals surface area contributed by atoms with Crippen LogP contribution in [0.4, 0.5) is 13.5 Å². The third-order valence-corrected chi connectivity index (χ3v) is 7.44. The van der Waals surface area contributed by atoms with Crippen molar-refractivity contribution in [2.24, 2.45) is 0 Å². The Kier molecular flexibility index (Phi) is 16.4. The number of halogens is 3. The second-order valence-corrected chi connectivity index (χ2v) is 11.5. The Hall–Kier alpha value is -4.51. The van der Waals surface area contributed by atoms with Gasteiger partial charge in [0.1, 0.15) is 29.0 Å². The van der Waals surface area contributed by atoms with E-state index in [9.17, 15) is 9.50 Å². The summed E-state index contributed by atoms with van der Waals surface area (Å²) in [6.45, 7) is 8.48. The largest absolute Gasteiger partial charge is 0.746 e. The van der Waals surface area contributed by atoms with Crippen LogP contribution in [0, 0.1) is 6.92 Å². The lowest BCUT2D eigenvalue weighted by Gasteiger charge is -2.12. The molecule has 3 aromatic rings. The Morgan fingerprint density at radius 2 is 1.34 bits per heavy atom. The summed E-state index contributed by atoms with van der Waals surface area (Å²) in [7, 11) is -2.89. The van der Waals surface area contributed by atoms with E-state index in [1.165, 1.54) is 11.3 Å². The molecule has 3 aromatic carbocycles. The number of alkyl halides is 1. The molecular formula is C37H40F3NO5S. The van der Waals surface area contributed by atoms with Gasteiger partial charge < -0.3 is 14.4 Å². The van der Waals surface area contributed by atoms with Crippen LogP contribution in [0.2, 0.25) is 0 Å². The van der Waals surface area contributed by atoms with Gasteiger partial charge in [0, 0.05) is 21.3 Å². The molecule has 0 radical (unpaired) electrons.